The van der Waals surface area contributed by atoms with Gasteiger partial charge in [0.25, 0.3) is 0 Å². The van der Waals surface area contributed by atoms with Crippen molar-refractivity contribution >= 4 is 11.6 Å². The third kappa shape index (κ3) is 3.30. The van der Waals surface area contributed by atoms with E-state index in [1.807, 2.05) is 0 Å². The van der Waals surface area contributed by atoms with Gasteiger partial charge in [-0.2, -0.15) is 0 Å². The lowest BCUT2D eigenvalue weighted by Gasteiger charge is -2.26. The molecule has 2 aromatic rings. The van der Waals surface area contributed by atoms with Gasteiger partial charge in [-0.05, 0) is 42.8 Å². The summed E-state index contributed by atoms with van der Waals surface area (Å²) in [5.74, 6) is 0.273. The van der Waals surface area contributed by atoms with Gasteiger partial charge in [-0.15, -0.1) is 0 Å². The smallest absolute Gasteiger partial charge is 0.125 e. The van der Waals surface area contributed by atoms with Crippen molar-refractivity contribution in [3.63, 3.8) is 0 Å². The minimum Gasteiger partial charge on any atom is -0.496 e. The number of halogens is 2. The topological polar surface area (TPSA) is 29.5 Å². The first-order valence-corrected chi connectivity index (χ1v) is 6.61. The normalized spacial score (nSPS) is 13.8. The van der Waals surface area contributed by atoms with Gasteiger partial charge in [-0.25, -0.2) is 4.39 Å². The number of aliphatic hydroxyl groups is 1. The SMILES string of the molecule is COc1ccc(Cl)cc1C(C)(O)Cc1ccc(F)cc1. The fourth-order valence-corrected chi connectivity index (χ4v) is 2.37. The second-order valence-electron chi connectivity index (χ2n) is 4.92. The first-order chi connectivity index (χ1) is 9.42. The summed E-state index contributed by atoms with van der Waals surface area (Å²) in [6, 6.07) is 11.2. The molecule has 0 aliphatic carbocycles. The quantitative estimate of drug-likeness (QED) is 0.925. The van der Waals surface area contributed by atoms with Crippen LogP contribution in [0.3, 0.4) is 0 Å². The number of ether oxygens (including phenoxy) is 1. The van der Waals surface area contributed by atoms with Crippen molar-refractivity contribution in [3.8, 4) is 5.75 Å². The summed E-state index contributed by atoms with van der Waals surface area (Å²) in [7, 11) is 1.54. The van der Waals surface area contributed by atoms with Gasteiger partial charge >= 0.3 is 0 Å². The summed E-state index contributed by atoms with van der Waals surface area (Å²) in [6.07, 6.45) is 0.337. The third-order valence-electron chi connectivity index (χ3n) is 3.20. The van der Waals surface area contributed by atoms with Gasteiger partial charge in [0.1, 0.15) is 11.6 Å². The molecule has 106 valence electrons. The van der Waals surface area contributed by atoms with Crippen LogP contribution in [0, 0.1) is 5.82 Å². The molecule has 0 aromatic heterocycles. The molecule has 0 aliphatic rings. The highest BCUT2D eigenvalue weighted by atomic mass is 35.5. The van der Waals surface area contributed by atoms with Crippen LogP contribution in [0.1, 0.15) is 18.1 Å². The Morgan fingerprint density at radius 2 is 1.85 bits per heavy atom. The summed E-state index contributed by atoms with van der Waals surface area (Å²) in [5, 5.41) is 11.2. The van der Waals surface area contributed by atoms with E-state index in [0.29, 0.717) is 22.8 Å². The Bertz CT molecular complexity index is 594. The molecule has 0 aliphatic heterocycles. The highest BCUT2D eigenvalue weighted by Gasteiger charge is 2.27. The molecule has 0 radical (unpaired) electrons. The van der Waals surface area contributed by atoms with Crippen molar-refractivity contribution in [1.82, 2.24) is 0 Å². The van der Waals surface area contributed by atoms with Crippen molar-refractivity contribution < 1.29 is 14.2 Å². The molecule has 1 unspecified atom stereocenters. The lowest BCUT2D eigenvalue weighted by Crippen LogP contribution is -2.25. The lowest BCUT2D eigenvalue weighted by molar-refractivity contribution is 0.0549. The van der Waals surface area contributed by atoms with Gasteiger partial charge in [-0.1, -0.05) is 23.7 Å². The Labute approximate surface area is 122 Å². The molecule has 2 nitrogen and oxygen atoms in total. The van der Waals surface area contributed by atoms with Gasteiger partial charge in [-0.3, -0.25) is 0 Å². The minimum absolute atomic E-state index is 0.297. The van der Waals surface area contributed by atoms with Crippen LogP contribution < -0.4 is 4.74 Å². The minimum atomic E-state index is -1.16. The summed E-state index contributed by atoms with van der Waals surface area (Å²) in [6.45, 7) is 1.69. The molecule has 0 saturated heterocycles. The molecule has 1 atom stereocenters. The number of methoxy groups -OCH3 is 1. The predicted octanol–water partition coefficient (Wildman–Crippen LogP) is 3.94. The summed E-state index contributed by atoms with van der Waals surface area (Å²) in [4.78, 5) is 0. The monoisotopic (exact) mass is 294 g/mol. The number of hydrogen-bond acceptors (Lipinski definition) is 2. The maximum Gasteiger partial charge on any atom is 0.125 e. The van der Waals surface area contributed by atoms with E-state index in [4.69, 9.17) is 16.3 Å². The first-order valence-electron chi connectivity index (χ1n) is 6.23. The summed E-state index contributed by atoms with van der Waals surface area (Å²) < 4.78 is 18.2. The molecule has 4 heteroatoms. The van der Waals surface area contributed by atoms with Crippen LogP contribution in [0.25, 0.3) is 0 Å². The Morgan fingerprint density at radius 1 is 1.20 bits per heavy atom. The van der Waals surface area contributed by atoms with Crippen molar-refractivity contribution in [2.75, 3.05) is 7.11 Å². The largest absolute Gasteiger partial charge is 0.496 e. The van der Waals surface area contributed by atoms with E-state index in [1.165, 1.54) is 12.1 Å². The van der Waals surface area contributed by atoms with Gasteiger partial charge in [0.05, 0.1) is 12.7 Å². The molecule has 0 spiro atoms. The fraction of sp³-hybridized carbons (Fsp3) is 0.250. The molecule has 0 heterocycles. The van der Waals surface area contributed by atoms with Crippen LogP contribution in [-0.4, -0.2) is 12.2 Å². The van der Waals surface area contributed by atoms with Crippen LogP contribution in [-0.2, 0) is 12.0 Å². The summed E-state index contributed by atoms with van der Waals surface area (Å²) in [5.41, 5.74) is 0.281. The van der Waals surface area contributed by atoms with E-state index in [9.17, 15) is 9.50 Å². The van der Waals surface area contributed by atoms with Crippen LogP contribution in [0.15, 0.2) is 42.5 Å². The highest BCUT2D eigenvalue weighted by molar-refractivity contribution is 6.30. The molecule has 1 N–H and O–H groups in total. The third-order valence-corrected chi connectivity index (χ3v) is 3.44. The zero-order chi connectivity index (χ0) is 14.8. The van der Waals surface area contributed by atoms with Gasteiger partial charge < -0.3 is 9.84 Å². The average Bonchev–Trinajstić information content (AvgIpc) is 2.41. The molecule has 0 fully saturated rings. The van der Waals surface area contributed by atoms with E-state index >= 15 is 0 Å². The van der Waals surface area contributed by atoms with E-state index in [1.54, 1.807) is 44.4 Å². The van der Waals surface area contributed by atoms with Crippen LogP contribution in [0.2, 0.25) is 5.02 Å². The maximum atomic E-state index is 12.9. The Morgan fingerprint density at radius 3 is 2.45 bits per heavy atom. The zero-order valence-corrected chi connectivity index (χ0v) is 12.1. The van der Waals surface area contributed by atoms with E-state index in [-0.39, 0.29) is 5.82 Å². The van der Waals surface area contributed by atoms with E-state index in [0.717, 1.165) is 5.56 Å². The van der Waals surface area contributed by atoms with Gasteiger partial charge in [0, 0.05) is 17.0 Å². The molecule has 2 rings (SSSR count). The molecule has 0 bridgehead atoms. The zero-order valence-electron chi connectivity index (χ0n) is 11.4. The standard InChI is InChI=1S/C16H16ClFO2/c1-16(19,10-11-3-6-13(18)7-4-11)14-9-12(17)5-8-15(14)20-2/h3-9,19H,10H2,1-2H3. The Hall–Kier alpha value is -1.58. The summed E-state index contributed by atoms with van der Waals surface area (Å²) >= 11 is 5.99. The number of hydrogen-bond donors (Lipinski definition) is 1. The predicted molar refractivity (Wildman–Crippen MR) is 77.7 cm³/mol. The van der Waals surface area contributed by atoms with E-state index < -0.39 is 5.60 Å². The molecular weight excluding hydrogens is 279 g/mol. The first kappa shape index (κ1) is 14.8. The van der Waals surface area contributed by atoms with Gasteiger partial charge in [0.15, 0.2) is 0 Å². The van der Waals surface area contributed by atoms with Crippen LogP contribution in [0.4, 0.5) is 4.39 Å². The Kier molecular flexibility index (Phi) is 4.31. The molecule has 20 heavy (non-hydrogen) atoms. The molecule has 0 amide bonds. The maximum absolute atomic E-state index is 12.9. The van der Waals surface area contributed by atoms with E-state index in [2.05, 4.69) is 0 Å². The molecular formula is C16H16ClFO2. The van der Waals surface area contributed by atoms with Crippen molar-refractivity contribution in [2.45, 2.75) is 18.9 Å². The number of benzene rings is 2. The second-order valence-corrected chi connectivity index (χ2v) is 5.36. The van der Waals surface area contributed by atoms with Crippen molar-refractivity contribution in [2.24, 2.45) is 0 Å². The van der Waals surface area contributed by atoms with Crippen molar-refractivity contribution in [3.05, 3.63) is 64.4 Å². The molecule has 2 aromatic carbocycles. The molecule has 0 saturated carbocycles. The van der Waals surface area contributed by atoms with Crippen LogP contribution in [0.5, 0.6) is 5.75 Å². The van der Waals surface area contributed by atoms with Gasteiger partial charge in [0.2, 0.25) is 0 Å². The average molecular weight is 295 g/mol. The number of rotatable bonds is 4. The Balaban J connectivity index is 2.34. The van der Waals surface area contributed by atoms with Crippen LogP contribution >= 0.6 is 11.6 Å². The lowest BCUT2D eigenvalue weighted by atomic mass is 9.88. The highest BCUT2D eigenvalue weighted by Crippen LogP contribution is 2.34. The second kappa shape index (κ2) is 5.81. The van der Waals surface area contributed by atoms with Crippen molar-refractivity contribution in [1.29, 1.82) is 0 Å². The fourth-order valence-electron chi connectivity index (χ4n) is 2.20.